The molecule has 5 aliphatic carbocycles. The molecule has 1 spiro atoms. The second-order valence-corrected chi connectivity index (χ2v) is 15.3. The number of aliphatic hydroxyl groups excluding tert-OH is 2. The summed E-state index contributed by atoms with van der Waals surface area (Å²) in [7, 11) is 1.54. The van der Waals surface area contributed by atoms with E-state index in [9.17, 15) is 15.3 Å². The molecule has 3 fully saturated rings. The van der Waals surface area contributed by atoms with E-state index >= 15 is 4.79 Å². The number of rotatable bonds is 3. The summed E-state index contributed by atoms with van der Waals surface area (Å²) in [5, 5.41) is 37.0. The van der Waals surface area contributed by atoms with E-state index in [-0.39, 0.29) is 36.6 Å². The predicted molar refractivity (Wildman–Crippen MR) is 179 cm³/mol. The van der Waals surface area contributed by atoms with Crippen molar-refractivity contribution in [3.63, 3.8) is 0 Å². The average molecular weight is 621 g/mol. The molecule has 0 radical (unpaired) electrons. The fraction of sp³-hybridized carbons (Fsp3) is 0.537. The maximum absolute atomic E-state index is 15.2. The molecule has 3 aromatic rings. The van der Waals surface area contributed by atoms with E-state index in [2.05, 4.69) is 54.6 Å². The minimum Gasteiger partial charge on any atom is -0.396 e. The third kappa shape index (κ3) is 4.11. The summed E-state index contributed by atoms with van der Waals surface area (Å²) in [6.45, 7) is 4.65. The summed E-state index contributed by atoms with van der Waals surface area (Å²) in [4.78, 5) is 15.2. The quantitative estimate of drug-likeness (QED) is 0.226. The summed E-state index contributed by atoms with van der Waals surface area (Å²) in [5.74, 6) is -2.26. The zero-order valence-electron chi connectivity index (χ0n) is 27.1. The first kappa shape index (κ1) is 30.5. The van der Waals surface area contributed by atoms with E-state index in [0.717, 1.165) is 67.0 Å². The van der Waals surface area contributed by atoms with Crippen LogP contribution in [0.25, 0.3) is 10.8 Å². The molecule has 0 saturated heterocycles. The minimum absolute atomic E-state index is 0.0240. The highest BCUT2D eigenvalue weighted by Crippen LogP contribution is 2.77. The van der Waals surface area contributed by atoms with Crippen molar-refractivity contribution in [2.24, 2.45) is 28.6 Å². The number of hydrogen-bond donors (Lipinski definition) is 3. The van der Waals surface area contributed by atoms with E-state index < -0.39 is 28.6 Å². The van der Waals surface area contributed by atoms with Gasteiger partial charge in [0.05, 0.1) is 11.5 Å². The van der Waals surface area contributed by atoms with Crippen molar-refractivity contribution in [3.8, 4) is 0 Å². The van der Waals surface area contributed by atoms with Gasteiger partial charge >= 0.3 is 0 Å². The largest absolute Gasteiger partial charge is 0.396 e. The van der Waals surface area contributed by atoms with Crippen molar-refractivity contribution < 1.29 is 24.9 Å². The Kier molecular flexibility index (Phi) is 7.37. The van der Waals surface area contributed by atoms with Crippen molar-refractivity contribution in [1.29, 1.82) is 0 Å². The van der Waals surface area contributed by atoms with Gasteiger partial charge in [0.15, 0.2) is 5.79 Å². The summed E-state index contributed by atoms with van der Waals surface area (Å²) in [6.07, 6.45) is 9.24. The molecule has 46 heavy (non-hydrogen) atoms. The van der Waals surface area contributed by atoms with Gasteiger partial charge in [0.1, 0.15) is 5.78 Å². The maximum atomic E-state index is 15.2. The Hall–Kier alpha value is -2.83. The van der Waals surface area contributed by atoms with Crippen molar-refractivity contribution in [2.75, 3.05) is 13.7 Å². The van der Waals surface area contributed by atoms with Crippen LogP contribution >= 0.6 is 0 Å². The molecule has 3 N–H and O–H groups in total. The number of benzene rings is 3. The standard InChI is InChI=1S/C41H48O5/c1-25-38-32(24-42)23-40(41(38,45)46-2)37(44)16-12-26-7-6-8-27(17-26)19-35-34-21-31-18-28(22-39(25,40)33-9-4-3-5-10-33)11-13-29(31)20-30(34)14-15-36(35)43/h6-8,11,13,17-18,20-21,32-33,35-36,38,42-43,45H,1,3-5,9-10,12,14-16,19,22-24H2,2H3. The molecule has 0 aromatic heterocycles. The molecular formula is C41H48O5. The molecule has 3 saturated carbocycles. The van der Waals surface area contributed by atoms with E-state index in [1.54, 1.807) is 7.11 Å². The van der Waals surface area contributed by atoms with Crippen LogP contribution < -0.4 is 0 Å². The lowest BCUT2D eigenvalue weighted by atomic mass is 9.47. The van der Waals surface area contributed by atoms with Crippen LogP contribution in [0.4, 0.5) is 0 Å². The van der Waals surface area contributed by atoms with Crippen molar-refractivity contribution in [3.05, 3.63) is 94.6 Å². The van der Waals surface area contributed by atoms with Crippen LogP contribution in [0.2, 0.25) is 0 Å². The van der Waals surface area contributed by atoms with Crippen LogP contribution in [0.1, 0.15) is 85.1 Å². The van der Waals surface area contributed by atoms with Gasteiger partial charge in [-0.1, -0.05) is 86.0 Å². The Balaban J connectivity index is 1.38. The second kappa shape index (κ2) is 11.1. The van der Waals surface area contributed by atoms with Gasteiger partial charge in [-0.3, -0.25) is 4.79 Å². The van der Waals surface area contributed by atoms with Gasteiger partial charge in [0.2, 0.25) is 0 Å². The number of hydrogen-bond acceptors (Lipinski definition) is 5. The molecule has 7 atom stereocenters. The van der Waals surface area contributed by atoms with Crippen molar-refractivity contribution in [2.45, 2.75) is 94.9 Å². The van der Waals surface area contributed by atoms with Crippen LogP contribution in [0.3, 0.4) is 0 Å². The molecule has 7 bridgehead atoms. The Morgan fingerprint density at radius 2 is 1.72 bits per heavy atom. The average Bonchev–Trinajstić information content (AvgIpc) is 3.44. The summed E-state index contributed by atoms with van der Waals surface area (Å²) < 4.78 is 6.16. The molecule has 0 heterocycles. The smallest absolute Gasteiger partial charge is 0.185 e. The minimum atomic E-state index is -1.72. The third-order valence-electron chi connectivity index (χ3n) is 13.4. The van der Waals surface area contributed by atoms with E-state index in [1.165, 1.54) is 28.5 Å². The van der Waals surface area contributed by atoms with Gasteiger partial charge in [0, 0.05) is 37.4 Å². The molecule has 8 rings (SSSR count). The molecule has 0 amide bonds. The predicted octanol–water partition coefficient (Wildman–Crippen LogP) is 6.62. The normalized spacial score (nSPS) is 36.1. The summed E-state index contributed by atoms with van der Waals surface area (Å²) in [5.41, 5.74) is 4.99. The first-order valence-corrected chi connectivity index (χ1v) is 17.7. The lowest BCUT2D eigenvalue weighted by molar-refractivity contribution is -0.260. The van der Waals surface area contributed by atoms with Crippen molar-refractivity contribution >= 4 is 16.6 Å². The molecular weight excluding hydrogens is 572 g/mol. The fourth-order valence-electron chi connectivity index (χ4n) is 11.5. The maximum Gasteiger partial charge on any atom is 0.185 e. The van der Waals surface area contributed by atoms with Crippen LogP contribution in [-0.2, 0) is 35.2 Å². The second-order valence-electron chi connectivity index (χ2n) is 15.3. The van der Waals surface area contributed by atoms with Crippen LogP contribution in [-0.4, -0.2) is 46.7 Å². The number of carbonyl (C=O) groups is 1. The zero-order chi connectivity index (χ0) is 31.8. The van der Waals surface area contributed by atoms with Gasteiger partial charge < -0.3 is 20.1 Å². The number of aryl methyl sites for hydroxylation is 2. The number of aliphatic hydroxyl groups is 3. The van der Waals surface area contributed by atoms with E-state index in [1.807, 2.05) is 0 Å². The monoisotopic (exact) mass is 620 g/mol. The van der Waals surface area contributed by atoms with E-state index in [0.29, 0.717) is 19.3 Å². The number of ketones is 1. The van der Waals surface area contributed by atoms with Gasteiger partial charge in [-0.05, 0) is 102 Å². The number of ether oxygens (including phenoxy) is 1. The van der Waals surface area contributed by atoms with Crippen molar-refractivity contribution in [1.82, 2.24) is 0 Å². The summed E-state index contributed by atoms with van der Waals surface area (Å²) >= 11 is 0. The van der Waals surface area contributed by atoms with Crippen LogP contribution in [0.5, 0.6) is 0 Å². The number of carbonyl (C=O) groups excluding carboxylic acids is 1. The first-order chi connectivity index (χ1) is 22.3. The lowest BCUT2D eigenvalue weighted by Crippen LogP contribution is -2.60. The molecule has 3 aromatic carbocycles. The third-order valence-corrected chi connectivity index (χ3v) is 13.4. The number of methoxy groups -OCH3 is 1. The molecule has 7 unspecified atom stereocenters. The Bertz CT molecular complexity index is 1700. The molecule has 5 aliphatic rings. The van der Waals surface area contributed by atoms with Gasteiger partial charge in [-0.2, -0.15) is 0 Å². The number of fused-ring (bicyclic) bond motifs is 4. The highest BCUT2D eigenvalue weighted by Gasteiger charge is 2.82. The number of Topliss-reactive ketones (excluding diaryl/α,β-unsaturated/α-hetero) is 1. The molecule has 0 aliphatic heterocycles. The van der Waals surface area contributed by atoms with Gasteiger partial charge in [-0.25, -0.2) is 0 Å². The Labute approximate surface area is 272 Å². The SMILES string of the molecule is C=C1C2C(CO)CC3(C(=O)CCc4cccc(c4)CC4c5cc6cc(ccc6cc5CCC4O)CC13C1CCCCC1)C2(O)OC. The lowest BCUT2D eigenvalue weighted by Gasteiger charge is -2.55. The van der Waals surface area contributed by atoms with Gasteiger partial charge in [-0.15, -0.1) is 0 Å². The molecule has 5 nitrogen and oxygen atoms in total. The first-order valence-electron chi connectivity index (χ1n) is 17.7. The van der Waals surface area contributed by atoms with Crippen LogP contribution in [0.15, 0.2) is 66.7 Å². The Morgan fingerprint density at radius 3 is 2.50 bits per heavy atom. The topological polar surface area (TPSA) is 87.0 Å². The summed E-state index contributed by atoms with van der Waals surface area (Å²) in [6, 6.07) is 19.9. The Morgan fingerprint density at radius 1 is 0.913 bits per heavy atom. The van der Waals surface area contributed by atoms with E-state index in [4.69, 9.17) is 11.3 Å². The van der Waals surface area contributed by atoms with Crippen LogP contribution in [0, 0.1) is 28.6 Å². The van der Waals surface area contributed by atoms with Gasteiger partial charge in [0.25, 0.3) is 0 Å². The highest BCUT2D eigenvalue weighted by atomic mass is 16.6. The zero-order valence-corrected chi connectivity index (χ0v) is 27.1. The fourth-order valence-corrected chi connectivity index (χ4v) is 11.5. The molecule has 5 heteroatoms. The highest BCUT2D eigenvalue weighted by molar-refractivity contribution is 5.90. The molecule has 242 valence electrons.